The van der Waals surface area contributed by atoms with E-state index in [1.54, 1.807) is 24.3 Å². The number of likely N-dealkylation sites (tertiary alicyclic amines) is 1. The van der Waals surface area contributed by atoms with Gasteiger partial charge >= 0.3 is 0 Å². The fourth-order valence-corrected chi connectivity index (χ4v) is 5.47. The van der Waals surface area contributed by atoms with E-state index >= 15 is 0 Å². The lowest BCUT2D eigenvalue weighted by Gasteiger charge is -2.37. The first kappa shape index (κ1) is 23.5. The molecule has 2 saturated heterocycles. The van der Waals surface area contributed by atoms with Crippen molar-refractivity contribution in [2.75, 3.05) is 37.7 Å². The molecule has 0 radical (unpaired) electrons. The predicted molar refractivity (Wildman–Crippen MR) is 132 cm³/mol. The van der Waals surface area contributed by atoms with Crippen molar-refractivity contribution in [3.05, 3.63) is 65.7 Å². The summed E-state index contributed by atoms with van der Waals surface area (Å²) in [5.74, 6) is -1.12. The third-order valence-corrected chi connectivity index (χ3v) is 7.27. The largest absolute Gasteiger partial charge is 0.376 e. The summed E-state index contributed by atoms with van der Waals surface area (Å²) in [6, 6.07) is 17.1. The molecule has 3 aliphatic heterocycles. The Morgan fingerprint density at radius 3 is 2.69 bits per heavy atom. The Hall–Kier alpha value is -3.23. The molecule has 0 saturated carbocycles. The molecule has 3 atom stereocenters. The zero-order valence-electron chi connectivity index (χ0n) is 20.0. The smallest absolute Gasteiger partial charge is 0.253 e. The summed E-state index contributed by atoms with van der Waals surface area (Å²) >= 11 is 0. The number of rotatable bonds is 6. The average Bonchev–Trinajstić information content (AvgIpc) is 3.48. The third-order valence-electron chi connectivity index (χ3n) is 7.27. The van der Waals surface area contributed by atoms with Gasteiger partial charge in [-0.2, -0.15) is 0 Å². The van der Waals surface area contributed by atoms with Gasteiger partial charge in [0, 0.05) is 32.8 Å². The monoisotopic (exact) mass is 476 g/mol. The molecule has 5 rings (SSSR count). The maximum Gasteiger partial charge on any atom is 0.253 e. The van der Waals surface area contributed by atoms with Gasteiger partial charge in [-0.05, 0) is 37.5 Å². The minimum Gasteiger partial charge on any atom is -0.376 e. The van der Waals surface area contributed by atoms with Crippen molar-refractivity contribution in [3.63, 3.8) is 0 Å². The SMILES string of the molecule is C[C@]12CN(Cc3ccccc3)C[C@H]1C(=O)N(CC(=O)NCC1CCCO1)c1ccccc1C(=O)N2. The van der Waals surface area contributed by atoms with Crippen LogP contribution in [0.1, 0.15) is 35.7 Å². The van der Waals surface area contributed by atoms with Gasteiger partial charge in [-0.3, -0.25) is 19.3 Å². The average molecular weight is 477 g/mol. The number of nitrogens with one attached hydrogen (secondary N) is 2. The highest BCUT2D eigenvalue weighted by atomic mass is 16.5. The van der Waals surface area contributed by atoms with Crippen LogP contribution in [0.15, 0.2) is 54.6 Å². The highest BCUT2D eigenvalue weighted by molar-refractivity contribution is 6.09. The number of benzene rings is 2. The first-order valence-electron chi connectivity index (χ1n) is 12.3. The lowest BCUT2D eigenvalue weighted by Crippen LogP contribution is -2.59. The number of amides is 3. The van der Waals surface area contributed by atoms with Gasteiger partial charge in [0.1, 0.15) is 6.54 Å². The van der Waals surface area contributed by atoms with Crippen molar-refractivity contribution in [2.45, 2.75) is 38.0 Å². The summed E-state index contributed by atoms with van der Waals surface area (Å²) in [5, 5.41) is 6.06. The molecule has 2 N–H and O–H groups in total. The summed E-state index contributed by atoms with van der Waals surface area (Å²) in [6.45, 7) is 4.67. The van der Waals surface area contributed by atoms with Crippen molar-refractivity contribution in [2.24, 2.45) is 5.92 Å². The van der Waals surface area contributed by atoms with Crippen LogP contribution in [-0.4, -0.2) is 67.1 Å². The van der Waals surface area contributed by atoms with Crippen LogP contribution in [0.3, 0.4) is 0 Å². The van der Waals surface area contributed by atoms with E-state index in [1.165, 1.54) is 4.90 Å². The topological polar surface area (TPSA) is 91.0 Å². The van der Waals surface area contributed by atoms with Crippen molar-refractivity contribution < 1.29 is 19.1 Å². The maximum absolute atomic E-state index is 14.0. The van der Waals surface area contributed by atoms with E-state index in [0.29, 0.717) is 44.0 Å². The quantitative estimate of drug-likeness (QED) is 0.665. The standard InChI is InChI=1S/C27H32N4O4/c1-27-18-30(15-19-8-3-2-4-9-19)16-22(27)26(34)31(17-24(32)28-14-20-10-7-13-35-20)23-12-6-5-11-21(23)25(33)29-27/h2-6,8-9,11-12,20,22H,7,10,13-18H2,1H3,(H,28,32)(H,29,33)/t20?,22-,27-/m0/s1. The molecule has 3 heterocycles. The Bertz CT molecular complexity index is 1100. The normalized spacial score (nSPS) is 26.5. The molecule has 3 aliphatic rings. The van der Waals surface area contributed by atoms with Gasteiger partial charge in [0.15, 0.2) is 0 Å². The molecular weight excluding hydrogens is 444 g/mol. The molecule has 0 bridgehead atoms. The Morgan fingerprint density at radius 1 is 1.14 bits per heavy atom. The van der Waals surface area contributed by atoms with Gasteiger partial charge in [0.25, 0.3) is 5.91 Å². The summed E-state index contributed by atoms with van der Waals surface area (Å²) < 4.78 is 5.60. The number of fused-ring (bicyclic) bond motifs is 2. The number of hydrogen-bond acceptors (Lipinski definition) is 5. The Balaban J connectivity index is 1.40. The molecule has 2 aromatic rings. The molecule has 0 aromatic heterocycles. The second-order valence-corrected chi connectivity index (χ2v) is 9.96. The van der Waals surface area contributed by atoms with Gasteiger partial charge in [-0.25, -0.2) is 0 Å². The molecule has 1 unspecified atom stereocenters. The van der Waals surface area contributed by atoms with Gasteiger partial charge in [-0.1, -0.05) is 42.5 Å². The van der Waals surface area contributed by atoms with Gasteiger partial charge in [-0.15, -0.1) is 0 Å². The Kier molecular flexibility index (Phi) is 6.58. The fourth-order valence-electron chi connectivity index (χ4n) is 5.47. The van der Waals surface area contributed by atoms with Crippen molar-refractivity contribution in [3.8, 4) is 0 Å². The lowest BCUT2D eigenvalue weighted by molar-refractivity contribution is -0.127. The van der Waals surface area contributed by atoms with Crippen molar-refractivity contribution in [1.82, 2.24) is 15.5 Å². The summed E-state index contributed by atoms with van der Waals surface area (Å²) in [6.07, 6.45) is 1.93. The van der Waals surface area contributed by atoms with Crippen LogP contribution < -0.4 is 15.5 Å². The number of hydrogen-bond donors (Lipinski definition) is 2. The minimum absolute atomic E-state index is 0.0183. The molecule has 8 heteroatoms. The predicted octanol–water partition coefficient (Wildman–Crippen LogP) is 1.95. The first-order valence-corrected chi connectivity index (χ1v) is 12.3. The molecule has 35 heavy (non-hydrogen) atoms. The second-order valence-electron chi connectivity index (χ2n) is 9.96. The minimum atomic E-state index is -0.747. The van der Waals surface area contributed by atoms with Crippen LogP contribution in [0, 0.1) is 5.92 Å². The maximum atomic E-state index is 14.0. The van der Waals surface area contributed by atoms with E-state index < -0.39 is 11.5 Å². The Morgan fingerprint density at radius 2 is 1.91 bits per heavy atom. The summed E-state index contributed by atoms with van der Waals surface area (Å²) in [4.78, 5) is 43.9. The molecule has 184 valence electrons. The molecule has 0 aliphatic carbocycles. The molecule has 0 spiro atoms. The number of anilines is 1. The van der Waals surface area contributed by atoms with Crippen LogP contribution in [0.2, 0.25) is 0 Å². The van der Waals surface area contributed by atoms with Crippen LogP contribution in [-0.2, 0) is 20.9 Å². The van der Waals surface area contributed by atoms with E-state index in [4.69, 9.17) is 4.74 Å². The first-order chi connectivity index (χ1) is 16.9. The van der Waals surface area contributed by atoms with Crippen molar-refractivity contribution >= 4 is 23.4 Å². The summed E-state index contributed by atoms with van der Waals surface area (Å²) in [7, 11) is 0. The molecule has 2 aromatic carbocycles. The Labute approximate surface area is 205 Å². The number of carbonyl (C=O) groups excluding carboxylic acids is 3. The molecular formula is C27H32N4O4. The zero-order chi connectivity index (χ0) is 24.4. The second kappa shape index (κ2) is 9.79. The summed E-state index contributed by atoms with van der Waals surface area (Å²) in [5.41, 5.74) is 1.26. The van der Waals surface area contributed by atoms with Crippen molar-refractivity contribution in [1.29, 1.82) is 0 Å². The molecule has 2 fully saturated rings. The van der Waals surface area contributed by atoms with Crippen LogP contribution in [0.4, 0.5) is 5.69 Å². The molecule has 8 nitrogen and oxygen atoms in total. The number of para-hydroxylation sites is 1. The number of nitrogens with zero attached hydrogens (tertiary/aromatic N) is 2. The van der Waals surface area contributed by atoms with E-state index in [1.807, 2.05) is 25.1 Å². The van der Waals surface area contributed by atoms with E-state index in [-0.39, 0.29) is 30.4 Å². The number of ether oxygens (including phenoxy) is 1. The van der Waals surface area contributed by atoms with E-state index in [9.17, 15) is 14.4 Å². The molecule has 3 amide bonds. The van der Waals surface area contributed by atoms with Gasteiger partial charge in [0.05, 0.1) is 28.8 Å². The highest BCUT2D eigenvalue weighted by Gasteiger charge is 2.51. The van der Waals surface area contributed by atoms with Crippen LogP contribution in [0.5, 0.6) is 0 Å². The van der Waals surface area contributed by atoms with E-state index in [0.717, 1.165) is 18.4 Å². The highest BCUT2D eigenvalue weighted by Crippen LogP contribution is 2.35. The van der Waals surface area contributed by atoms with Crippen LogP contribution >= 0.6 is 0 Å². The number of carbonyl (C=O) groups is 3. The zero-order valence-corrected chi connectivity index (χ0v) is 20.0. The fraction of sp³-hybridized carbons (Fsp3) is 0.444. The van der Waals surface area contributed by atoms with Gasteiger partial charge < -0.3 is 20.3 Å². The lowest BCUT2D eigenvalue weighted by atomic mass is 9.86. The third kappa shape index (κ3) is 4.94. The van der Waals surface area contributed by atoms with E-state index in [2.05, 4.69) is 27.7 Å². The van der Waals surface area contributed by atoms with Gasteiger partial charge in [0.2, 0.25) is 11.8 Å². The van der Waals surface area contributed by atoms with Crippen LogP contribution in [0.25, 0.3) is 0 Å².